The zero-order valence-corrected chi connectivity index (χ0v) is 24.1. The van der Waals surface area contributed by atoms with Gasteiger partial charge in [0.05, 0.1) is 30.5 Å². The van der Waals surface area contributed by atoms with Crippen molar-refractivity contribution in [3.63, 3.8) is 0 Å². The summed E-state index contributed by atoms with van der Waals surface area (Å²) in [5.41, 5.74) is 3.38. The number of benzene rings is 3. The van der Waals surface area contributed by atoms with Crippen LogP contribution in [0.5, 0.6) is 11.5 Å². The number of ether oxygens (including phenoxy) is 2. The van der Waals surface area contributed by atoms with E-state index in [0.29, 0.717) is 18.0 Å². The second-order valence-corrected chi connectivity index (χ2v) is 10.5. The van der Waals surface area contributed by atoms with Gasteiger partial charge in [-0.25, -0.2) is 9.67 Å². The molecule has 1 unspecified atom stereocenters. The molecule has 1 aliphatic heterocycles. The Labute approximate surface area is 243 Å². The van der Waals surface area contributed by atoms with Gasteiger partial charge in [-0.05, 0) is 52.2 Å². The maximum atomic E-state index is 5.65. The van der Waals surface area contributed by atoms with Crippen LogP contribution in [-0.4, -0.2) is 70.5 Å². The van der Waals surface area contributed by atoms with Gasteiger partial charge in [0.1, 0.15) is 0 Å². The van der Waals surface area contributed by atoms with Crippen LogP contribution in [0.25, 0.3) is 10.2 Å². The van der Waals surface area contributed by atoms with Gasteiger partial charge in [0.2, 0.25) is 0 Å². The Hall–Kier alpha value is -3.73. The summed E-state index contributed by atoms with van der Waals surface area (Å²) in [6.45, 7) is 4.13. The SMILES string of the molecule is COc1ccc(C(c2nnnn2CCc2ccccc2)N2CCN(c3nc4ccccc4s3)CC2)cc1OC.Cl. The number of thiazole rings is 1. The predicted molar refractivity (Wildman–Crippen MR) is 160 cm³/mol. The molecule has 0 N–H and O–H groups in total. The summed E-state index contributed by atoms with van der Waals surface area (Å²) in [6.07, 6.45) is 0.850. The number of tetrazole rings is 1. The maximum absolute atomic E-state index is 5.65. The smallest absolute Gasteiger partial charge is 0.186 e. The average molecular weight is 578 g/mol. The molecule has 1 saturated heterocycles. The summed E-state index contributed by atoms with van der Waals surface area (Å²) in [5.74, 6) is 2.22. The zero-order valence-electron chi connectivity index (χ0n) is 22.5. The molecule has 9 nitrogen and oxygen atoms in total. The third-order valence-electron chi connectivity index (χ3n) is 7.22. The van der Waals surface area contributed by atoms with Crippen LogP contribution in [0.15, 0.2) is 72.8 Å². The number of hydrogen-bond acceptors (Lipinski definition) is 9. The average Bonchev–Trinajstić information content (AvgIpc) is 3.64. The Morgan fingerprint density at radius 3 is 2.38 bits per heavy atom. The summed E-state index contributed by atoms with van der Waals surface area (Å²) < 4.78 is 14.3. The van der Waals surface area contributed by atoms with E-state index in [1.807, 2.05) is 28.9 Å². The highest BCUT2D eigenvalue weighted by Crippen LogP contribution is 2.36. The first kappa shape index (κ1) is 27.8. The number of aromatic nitrogens is 5. The molecule has 0 amide bonds. The van der Waals surface area contributed by atoms with E-state index in [0.717, 1.165) is 54.6 Å². The first-order valence-electron chi connectivity index (χ1n) is 13.1. The molecule has 208 valence electrons. The summed E-state index contributed by atoms with van der Waals surface area (Å²) in [4.78, 5) is 9.72. The van der Waals surface area contributed by atoms with Crippen molar-refractivity contribution in [2.24, 2.45) is 0 Å². The number of para-hydroxylation sites is 1. The van der Waals surface area contributed by atoms with Crippen molar-refractivity contribution in [2.45, 2.75) is 19.0 Å². The number of aryl methyl sites for hydroxylation is 2. The van der Waals surface area contributed by atoms with Crippen LogP contribution in [-0.2, 0) is 13.0 Å². The van der Waals surface area contributed by atoms with E-state index in [-0.39, 0.29) is 18.4 Å². The van der Waals surface area contributed by atoms with Gasteiger partial charge in [0, 0.05) is 32.7 Å². The molecular weight excluding hydrogens is 546 g/mol. The molecule has 1 fully saturated rings. The number of hydrogen-bond donors (Lipinski definition) is 0. The van der Waals surface area contributed by atoms with Gasteiger partial charge in [0.25, 0.3) is 0 Å². The first-order valence-corrected chi connectivity index (χ1v) is 13.9. The number of rotatable bonds is 9. The van der Waals surface area contributed by atoms with E-state index in [4.69, 9.17) is 14.5 Å². The van der Waals surface area contributed by atoms with Crippen molar-refractivity contribution in [3.05, 3.63) is 89.7 Å². The largest absolute Gasteiger partial charge is 0.493 e. The summed E-state index contributed by atoms with van der Waals surface area (Å²) in [7, 11) is 3.32. The number of methoxy groups -OCH3 is 2. The van der Waals surface area contributed by atoms with E-state index >= 15 is 0 Å². The minimum Gasteiger partial charge on any atom is -0.493 e. The lowest BCUT2D eigenvalue weighted by Crippen LogP contribution is -2.48. The fraction of sp³-hybridized carbons (Fsp3) is 0.310. The van der Waals surface area contributed by atoms with E-state index in [9.17, 15) is 0 Å². The summed E-state index contributed by atoms with van der Waals surface area (Å²) in [5, 5.41) is 14.1. The van der Waals surface area contributed by atoms with Gasteiger partial charge in [-0.2, -0.15) is 0 Å². The van der Waals surface area contributed by atoms with Gasteiger partial charge in [-0.1, -0.05) is 59.9 Å². The summed E-state index contributed by atoms with van der Waals surface area (Å²) in [6, 6.07) is 24.7. The number of nitrogens with zero attached hydrogens (tertiary/aromatic N) is 7. The molecule has 0 spiro atoms. The molecule has 2 aromatic heterocycles. The molecule has 3 heterocycles. The van der Waals surface area contributed by atoms with Gasteiger partial charge in [-0.3, -0.25) is 4.90 Å². The molecule has 0 aliphatic carbocycles. The van der Waals surface area contributed by atoms with Crippen molar-refractivity contribution in [2.75, 3.05) is 45.3 Å². The molecule has 0 saturated carbocycles. The maximum Gasteiger partial charge on any atom is 0.186 e. The monoisotopic (exact) mass is 577 g/mol. The Morgan fingerprint density at radius 2 is 1.62 bits per heavy atom. The Kier molecular flexibility index (Phi) is 8.78. The lowest BCUT2D eigenvalue weighted by Gasteiger charge is -2.39. The van der Waals surface area contributed by atoms with Crippen molar-refractivity contribution in [3.8, 4) is 11.5 Å². The van der Waals surface area contributed by atoms with Crippen LogP contribution in [0, 0.1) is 0 Å². The summed E-state index contributed by atoms with van der Waals surface area (Å²) >= 11 is 1.75. The van der Waals surface area contributed by atoms with Gasteiger partial charge in [-0.15, -0.1) is 17.5 Å². The second-order valence-electron chi connectivity index (χ2n) is 9.50. The normalized spacial score (nSPS) is 14.6. The Bertz CT molecular complexity index is 1500. The fourth-order valence-corrected chi connectivity index (χ4v) is 6.18. The lowest BCUT2D eigenvalue weighted by atomic mass is 10.0. The third kappa shape index (κ3) is 5.74. The van der Waals surface area contributed by atoms with Gasteiger partial charge >= 0.3 is 0 Å². The minimum atomic E-state index is -0.131. The molecule has 0 radical (unpaired) electrons. The van der Waals surface area contributed by atoms with Crippen LogP contribution in [0.4, 0.5) is 5.13 Å². The van der Waals surface area contributed by atoms with Crippen molar-refractivity contribution < 1.29 is 9.47 Å². The Morgan fingerprint density at radius 1 is 0.875 bits per heavy atom. The van der Waals surface area contributed by atoms with Crippen molar-refractivity contribution in [1.29, 1.82) is 0 Å². The number of piperazine rings is 1. The highest BCUT2D eigenvalue weighted by atomic mass is 35.5. The lowest BCUT2D eigenvalue weighted by molar-refractivity contribution is 0.200. The van der Waals surface area contributed by atoms with Gasteiger partial charge in [0.15, 0.2) is 22.5 Å². The van der Waals surface area contributed by atoms with Crippen LogP contribution in [0.1, 0.15) is 23.0 Å². The molecule has 1 aliphatic rings. The quantitative estimate of drug-likeness (QED) is 0.245. The number of anilines is 1. The number of halogens is 1. The van der Waals surface area contributed by atoms with E-state index in [1.165, 1.54) is 10.3 Å². The van der Waals surface area contributed by atoms with Crippen LogP contribution < -0.4 is 14.4 Å². The Balaban J connectivity index is 0.00000323. The molecule has 40 heavy (non-hydrogen) atoms. The van der Waals surface area contributed by atoms with E-state index in [1.54, 1.807) is 25.6 Å². The molecule has 11 heteroatoms. The van der Waals surface area contributed by atoms with Crippen LogP contribution in [0.2, 0.25) is 0 Å². The molecule has 0 bridgehead atoms. The molecule has 5 aromatic rings. The molecule has 6 rings (SSSR count). The standard InChI is InChI=1S/C29H31N7O2S.ClH/c1-37-24-13-12-22(20-25(24)38-2)27(28-31-32-33-36(28)15-14-21-8-4-3-5-9-21)34-16-18-35(19-17-34)29-30-23-10-6-7-11-26(23)39-29;/h3-13,20,27H,14-19H2,1-2H3;1H. The molecule has 3 aromatic carbocycles. The molecular formula is C29H32ClN7O2S. The van der Waals surface area contributed by atoms with Crippen molar-refractivity contribution >= 4 is 39.1 Å². The van der Waals surface area contributed by atoms with Crippen LogP contribution >= 0.6 is 23.7 Å². The highest BCUT2D eigenvalue weighted by Gasteiger charge is 2.32. The first-order chi connectivity index (χ1) is 19.2. The van der Waals surface area contributed by atoms with Crippen molar-refractivity contribution in [1.82, 2.24) is 30.1 Å². The minimum absolute atomic E-state index is 0. The fourth-order valence-electron chi connectivity index (χ4n) is 5.16. The van der Waals surface area contributed by atoms with E-state index in [2.05, 4.69) is 73.9 Å². The predicted octanol–water partition coefficient (Wildman–Crippen LogP) is 4.88. The second kappa shape index (κ2) is 12.6. The van der Waals surface area contributed by atoms with Gasteiger partial charge < -0.3 is 14.4 Å². The third-order valence-corrected chi connectivity index (χ3v) is 8.31. The van der Waals surface area contributed by atoms with Crippen LogP contribution in [0.3, 0.4) is 0 Å². The zero-order chi connectivity index (χ0) is 26.6. The number of fused-ring (bicyclic) bond motifs is 1. The van der Waals surface area contributed by atoms with E-state index < -0.39 is 0 Å². The molecule has 1 atom stereocenters. The highest BCUT2D eigenvalue weighted by molar-refractivity contribution is 7.22. The topological polar surface area (TPSA) is 81.4 Å².